The van der Waals surface area contributed by atoms with Crippen LogP contribution in [-0.2, 0) is 4.74 Å². The lowest BCUT2D eigenvalue weighted by Gasteiger charge is -2.07. The maximum atomic E-state index is 11.6. The summed E-state index contributed by atoms with van der Waals surface area (Å²) in [5, 5.41) is 12.5. The third-order valence-corrected chi connectivity index (χ3v) is 3.34. The van der Waals surface area contributed by atoms with Gasteiger partial charge in [-0.3, -0.25) is 5.32 Å². The molecule has 2 aromatic heterocycles. The Hall–Kier alpha value is -3.62. The van der Waals surface area contributed by atoms with Crippen molar-refractivity contribution in [2.75, 3.05) is 24.8 Å². The van der Waals surface area contributed by atoms with Crippen LogP contribution in [0.2, 0.25) is 0 Å². The molecule has 0 saturated heterocycles. The van der Waals surface area contributed by atoms with Gasteiger partial charge in [-0.1, -0.05) is 6.07 Å². The normalized spacial score (nSPS) is 10.3. The number of ether oxygens (including phenoxy) is 1. The van der Waals surface area contributed by atoms with E-state index in [0.717, 1.165) is 0 Å². The second-order valence-corrected chi connectivity index (χ2v) is 5.05. The first-order chi connectivity index (χ1) is 12.1. The fourth-order valence-corrected chi connectivity index (χ4v) is 2.18. The highest BCUT2D eigenvalue weighted by molar-refractivity contribution is 5.90. The molecule has 2 heterocycles. The molecule has 0 saturated carbocycles. The molecule has 128 valence electrons. The number of urea groups is 1. The van der Waals surface area contributed by atoms with Gasteiger partial charge in [0.2, 0.25) is 0 Å². The summed E-state index contributed by atoms with van der Waals surface area (Å²) in [5.41, 5.74) is 1.71. The molecule has 0 radical (unpaired) electrons. The van der Waals surface area contributed by atoms with E-state index in [-0.39, 0.29) is 6.03 Å². The van der Waals surface area contributed by atoms with Crippen molar-refractivity contribution in [2.24, 2.45) is 0 Å². The highest BCUT2D eigenvalue weighted by atomic mass is 16.5. The quantitative estimate of drug-likeness (QED) is 0.627. The lowest BCUT2D eigenvalue weighted by atomic mass is 10.2. The lowest BCUT2D eigenvalue weighted by Crippen LogP contribution is -2.24. The molecule has 1 aromatic carbocycles. The second-order valence-electron chi connectivity index (χ2n) is 5.05. The van der Waals surface area contributed by atoms with Gasteiger partial charge in [0.05, 0.1) is 18.9 Å². The number of fused-ring (bicyclic) bond motifs is 1. The zero-order valence-corrected chi connectivity index (χ0v) is 13.6. The van der Waals surface area contributed by atoms with Crippen molar-refractivity contribution in [3.05, 3.63) is 48.2 Å². The van der Waals surface area contributed by atoms with E-state index < -0.39 is 5.97 Å². The number of imidazole rings is 1. The number of aromatic nitrogens is 3. The Morgan fingerprint density at radius 3 is 2.76 bits per heavy atom. The van der Waals surface area contributed by atoms with Crippen molar-refractivity contribution >= 4 is 35.0 Å². The summed E-state index contributed by atoms with van der Waals surface area (Å²) in [4.78, 5) is 27.2. The molecule has 0 aliphatic carbocycles. The highest BCUT2D eigenvalue weighted by Gasteiger charge is 2.08. The minimum Gasteiger partial charge on any atom is -0.465 e. The summed E-state index contributed by atoms with van der Waals surface area (Å²) < 4.78 is 6.25. The van der Waals surface area contributed by atoms with Gasteiger partial charge in [0.1, 0.15) is 0 Å². The third-order valence-electron chi connectivity index (χ3n) is 3.34. The number of amides is 2. The number of hydrogen-bond acceptors (Lipinski definition) is 6. The molecular weight excluding hydrogens is 324 g/mol. The van der Waals surface area contributed by atoms with E-state index in [1.807, 2.05) is 6.07 Å². The van der Waals surface area contributed by atoms with Crippen LogP contribution < -0.4 is 16.0 Å². The number of rotatable bonds is 4. The molecule has 0 unspecified atom stereocenters. The SMILES string of the molecule is CNC(=O)Nc1cn2nc(Nc3cccc(C(=O)OC)c3)ccc2n1. The first-order valence-electron chi connectivity index (χ1n) is 7.39. The average Bonchev–Trinajstić information content (AvgIpc) is 3.02. The third kappa shape index (κ3) is 3.66. The summed E-state index contributed by atoms with van der Waals surface area (Å²) in [6.07, 6.45) is 1.60. The van der Waals surface area contributed by atoms with Gasteiger partial charge in [-0.15, -0.1) is 5.10 Å². The summed E-state index contributed by atoms with van der Waals surface area (Å²) in [7, 11) is 2.86. The van der Waals surface area contributed by atoms with E-state index in [0.29, 0.717) is 28.5 Å². The standard InChI is InChI=1S/C16H16N6O3/c1-17-16(24)20-13-9-22-14(19-13)7-6-12(21-22)18-11-5-3-4-10(8-11)15(23)25-2/h3-9H,1-2H3,(H,18,21)(H2,17,20,24). The predicted molar refractivity (Wildman–Crippen MR) is 92.1 cm³/mol. The van der Waals surface area contributed by atoms with Gasteiger partial charge in [-0.25, -0.2) is 19.1 Å². The van der Waals surface area contributed by atoms with Gasteiger partial charge in [0.25, 0.3) is 0 Å². The first kappa shape index (κ1) is 16.2. The average molecular weight is 340 g/mol. The molecule has 3 aromatic rings. The van der Waals surface area contributed by atoms with Crippen LogP contribution in [0.3, 0.4) is 0 Å². The Morgan fingerprint density at radius 1 is 1.16 bits per heavy atom. The molecule has 9 nitrogen and oxygen atoms in total. The van der Waals surface area contributed by atoms with Crippen molar-refractivity contribution in [1.82, 2.24) is 19.9 Å². The van der Waals surface area contributed by atoms with Crippen molar-refractivity contribution < 1.29 is 14.3 Å². The smallest absolute Gasteiger partial charge is 0.337 e. The van der Waals surface area contributed by atoms with Crippen LogP contribution in [0.5, 0.6) is 0 Å². The number of hydrogen-bond donors (Lipinski definition) is 3. The number of benzene rings is 1. The van der Waals surface area contributed by atoms with E-state index >= 15 is 0 Å². The number of methoxy groups -OCH3 is 1. The first-order valence-corrected chi connectivity index (χ1v) is 7.39. The van der Waals surface area contributed by atoms with Gasteiger partial charge in [0.15, 0.2) is 17.3 Å². The Balaban J connectivity index is 1.82. The van der Waals surface area contributed by atoms with Gasteiger partial charge in [-0.05, 0) is 30.3 Å². The summed E-state index contributed by atoms with van der Waals surface area (Å²) in [6.45, 7) is 0. The molecular formula is C16H16N6O3. The molecule has 3 N–H and O–H groups in total. The number of esters is 1. The van der Waals surface area contributed by atoms with E-state index in [4.69, 9.17) is 4.74 Å². The van der Waals surface area contributed by atoms with E-state index in [1.54, 1.807) is 36.5 Å². The minimum absolute atomic E-state index is 0.360. The van der Waals surface area contributed by atoms with Crippen LogP contribution in [0.25, 0.3) is 5.65 Å². The summed E-state index contributed by atoms with van der Waals surface area (Å²) in [6, 6.07) is 10.0. The largest absolute Gasteiger partial charge is 0.465 e. The van der Waals surface area contributed by atoms with Crippen molar-refractivity contribution in [1.29, 1.82) is 0 Å². The van der Waals surface area contributed by atoms with Crippen LogP contribution in [-0.4, -0.2) is 40.8 Å². The van der Waals surface area contributed by atoms with Crippen molar-refractivity contribution in [3.8, 4) is 0 Å². The van der Waals surface area contributed by atoms with E-state index in [2.05, 4.69) is 26.0 Å². The molecule has 0 fully saturated rings. The zero-order chi connectivity index (χ0) is 17.8. The van der Waals surface area contributed by atoms with Crippen LogP contribution in [0.4, 0.5) is 22.1 Å². The van der Waals surface area contributed by atoms with Crippen molar-refractivity contribution in [2.45, 2.75) is 0 Å². The zero-order valence-electron chi connectivity index (χ0n) is 13.6. The maximum Gasteiger partial charge on any atom is 0.337 e. The molecule has 0 bridgehead atoms. The van der Waals surface area contributed by atoms with Gasteiger partial charge >= 0.3 is 12.0 Å². The number of nitrogens with one attached hydrogen (secondary N) is 3. The van der Waals surface area contributed by atoms with Gasteiger partial charge < -0.3 is 15.4 Å². The van der Waals surface area contributed by atoms with E-state index in [9.17, 15) is 9.59 Å². The van der Waals surface area contributed by atoms with Crippen LogP contribution in [0, 0.1) is 0 Å². The predicted octanol–water partition coefficient (Wildman–Crippen LogP) is 2.01. The fraction of sp³-hybridized carbons (Fsp3) is 0.125. The number of carbonyl (C=O) groups excluding carboxylic acids is 2. The maximum absolute atomic E-state index is 11.6. The van der Waals surface area contributed by atoms with Gasteiger partial charge in [-0.2, -0.15) is 0 Å². The molecule has 9 heteroatoms. The molecule has 0 aliphatic rings. The summed E-state index contributed by atoms with van der Waals surface area (Å²) in [5.74, 6) is 0.529. The summed E-state index contributed by atoms with van der Waals surface area (Å²) >= 11 is 0. The highest BCUT2D eigenvalue weighted by Crippen LogP contribution is 2.18. The molecule has 0 aliphatic heterocycles. The van der Waals surface area contributed by atoms with E-state index in [1.165, 1.54) is 18.7 Å². The topological polar surface area (TPSA) is 110 Å². The van der Waals surface area contributed by atoms with Gasteiger partial charge in [0, 0.05) is 12.7 Å². The number of nitrogens with zero attached hydrogens (tertiary/aromatic N) is 3. The van der Waals surface area contributed by atoms with Crippen LogP contribution in [0.15, 0.2) is 42.6 Å². The molecule has 0 atom stereocenters. The Labute approximate surface area is 143 Å². The monoisotopic (exact) mass is 340 g/mol. The lowest BCUT2D eigenvalue weighted by molar-refractivity contribution is 0.0601. The second kappa shape index (κ2) is 6.87. The molecule has 3 rings (SSSR count). The molecule has 2 amide bonds. The van der Waals surface area contributed by atoms with Crippen LogP contribution in [0.1, 0.15) is 10.4 Å². The minimum atomic E-state index is -0.411. The number of anilines is 3. The molecule has 0 spiro atoms. The Morgan fingerprint density at radius 2 is 2.00 bits per heavy atom. The fourth-order valence-electron chi connectivity index (χ4n) is 2.18. The number of carbonyl (C=O) groups is 2. The van der Waals surface area contributed by atoms with Crippen molar-refractivity contribution in [3.63, 3.8) is 0 Å². The van der Waals surface area contributed by atoms with Crippen LogP contribution >= 0.6 is 0 Å². The Kier molecular flexibility index (Phi) is 4.46. The molecule has 25 heavy (non-hydrogen) atoms. The Bertz CT molecular complexity index is 937.